The van der Waals surface area contributed by atoms with Crippen LogP contribution in [0, 0.1) is 11.6 Å². The first-order chi connectivity index (χ1) is 16.4. The number of hydrogen-bond donors (Lipinski definition) is 1. The first kappa shape index (κ1) is 21.3. The van der Waals surface area contributed by atoms with E-state index in [2.05, 4.69) is 4.98 Å². The highest BCUT2D eigenvalue weighted by Crippen LogP contribution is 2.42. The summed E-state index contributed by atoms with van der Waals surface area (Å²) in [6.07, 6.45) is 2.91. The molecule has 34 heavy (non-hydrogen) atoms. The van der Waals surface area contributed by atoms with E-state index in [-0.39, 0.29) is 17.0 Å². The lowest BCUT2D eigenvalue weighted by molar-refractivity contribution is -0.117. The SMILES string of the molecule is COc1cccc2cc(C(=O)C3=C(O)C(=O)N(c4ccc(F)c(F)c4)C3c3cccnc3)oc12. The molecule has 1 aliphatic heterocycles. The molecule has 4 aromatic rings. The van der Waals surface area contributed by atoms with Crippen molar-refractivity contribution in [2.75, 3.05) is 12.0 Å². The van der Waals surface area contributed by atoms with Crippen molar-refractivity contribution in [2.24, 2.45) is 0 Å². The minimum atomic E-state index is -1.18. The third-order valence-electron chi connectivity index (χ3n) is 5.59. The van der Waals surface area contributed by atoms with Crippen molar-refractivity contribution in [2.45, 2.75) is 6.04 Å². The fraction of sp³-hybridized carbons (Fsp3) is 0.0800. The summed E-state index contributed by atoms with van der Waals surface area (Å²) in [6.45, 7) is 0. The minimum Gasteiger partial charge on any atom is -0.503 e. The lowest BCUT2D eigenvalue weighted by Crippen LogP contribution is -2.31. The molecule has 0 saturated heterocycles. The van der Waals surface area contributed by atoms with Gasteiger partial charge in [0.2, 0.25) is 5.78 Å². The fourth-order valence-corrected chi connectivity index (χ4v) is 4.03. The number of fused-ring (bicyclic) bond motifs is 1. The molecule has 5 rings (SSSR count). The molecule has 0 saturated carbocycles. The minimum absolute atomic E-state index is 0.0432. The number of anilines is 1. The number of pyridine rings is 1. The molecular formula is C25H16F2N2O5. The zero-order valence-corrected chi connectivity index (χ0v) is 17.7. The van der Waals surface area contributed by atoms with Gasteiger partial charge in [-0.2, -0.15) is 0 Å². The molecule has 0 bridgehead atoms. The number of carbonyl (C=O) groups excluding carboxylic acids is 2. The van der Waals surface area contributed by atoms with Crippen LogP contribution in [0.15, 0.2) is 82.7 Å². The Morgan fingerprint density at radius 3 is 2.65 bits per heavy atom. The van der Waals surface area contributed by atoms with Gasteiger partial charge >= 0.3 is 0 Å². The van der Waals surface area contributed by atoms with Crippen molar-refractivity contribution in [1.29, 1.82) is 0 Å². The van der Waals surface area contributed by atoms with Crippen LogP contribution in [-0.4, -0.2) is 28.9 Å². The van der Waals surface area contributed by atoms with Crippen LogP contribution < -0.4 is 9.64 Å². The van der Waals surface area contributed by atoms with Gasteiger partial charge in [0.05, 0.1) is 18.7 Å². The number of halogens is 2. The second-order valence-corrected chi connectivity index (χ2v) is 7.54. The number of hydrogen-bond acceptors (Lipinski definition) is 6. The molecule has 1 unspecified atom stereocenters. The lowest BCUT2D eigenvalue weighted by Gasteiger charge is -2.26. The number of ether oxygens (including phenoxy) is 1. The van der Waals surface area contributed by atoms with Crippen molar-refractivity contribution < 1.29 is 32.6 Å². The number of nitrogens with zero attached hydrogens (tertiary/aromatic N) is 2. The summed E-state index contributed by atoms with van der Waals surface area (Å²) in [5, 5.41) is 11.4. The predicted octanol–water partition coefficient (Wildman–Crippen LogP) is 4.90. The molecule has 0 radical (unpaired) electrons. The summed E-state index contributed by atoms with van der Waals surface area (Å²) < 4.78 is 38.5. The van der Waals surface area contributed by atoms with E-state index in [0.29, 0.717) is 22.3 Å². The predicted molar refractivity (Wildman–Crippen MR) is 118 cm³/mol. The molecule has 1 atom stereocenters. The van der Waals surface area contributed by atoms with Gasteiger partial charge in [-0.15, -0.1) is 0 Å². The maximum Gasteiger partial charge on any atom is 0.294 e. The zero-order valence-electron chi connectivity index (χ0n) is 17.7. The number of rotatable bonds is 5. The summed E-state index contributed by atoms with van der Waals surface area (Å²) in [7, 11) is 1.46. The second kappa shape index (κ2) is 8.11. The summed E-state index contributed by atoms with van der Waals surface area (Å²) in [5.41, 5.74) is 0.383. The number of ketones is 1. The molecule has 0 aliphatic carbocycles. The molecule has 1 N–H and O–H groups in total. The van der Waals surface area contributed by atoms with Crippen LogP contribution in [-0.2, 0) is 4.79 Å². The first-order valence-corrected chi connectivity index (χ1v) is 10.1. The second-order valence-electron chi connectivity index (χ2n) is 7.54. The standard InChI is InChI=1S/C25H16F2N2O5/c1-33-18-6-2-4-13-10-19(34-24(13)18)22(30)20-21(14-5-3-9-28-12-14)29(25(32)23(20)31)15-7-8-16(26)17(27)11-15/h2-12,21,31H,1H3. The van der Waals surface area contributed by atoms with Gasteiger partial charge in [-0.3, -0.25) is 19.5 Å². The van der Waals surface area contributed by atoms with Gasteiger partial charge in [-0.25, -0.2) is 8.78 Å². The van der Waals surface area contributed by atoms with E-state index < -0.39 is 35.1 Å². The highest BCUT2D eigenvalue weighted by molar-refractivity contribution is 6.20. The Labute approximate surface area is 191 Å². The van der Waals surface area contributed by atoms with Crippen molar-refractivity contribution in [3.05, 3.63) is 101 Å². The summed E-state index contributed by atoms with van der Waals surface area (Å²) >= 11 is 0. The van der Waals surface area contributed by atoms with Gasteiger partial charge in [0.1, 0.15) is 0 Å². The monoisotopic (exact) mass is 462 g/mol. The van der Waals surface area contributed by atoms with Gasteiger partial charge < -0.3 is 14.3 Å². The molecule has 1 amide bonds. The number of aliphatic hydroxyl groups excluding tert-OH is 1. The molecule has 2 aromatic carbocycles. The van der Waals surface area contributed by atoms with Crippen molar-refractivity contribution in [1.82, 2.24) is 4.98 Å². The van der Waals surface area contributed by atoms with Crippen LogP contribution in [0.1, 0.15) is 22.2 Å². The number of furan rings is 1. The van der Waals surface area contributed by atoms with Crippen LogP contribution in [0.5, 0.6) is 5.75 Å². The average Bonchev–Trinajstić information content (AvgIpc) is 3.40. The molecule has 1 aliphatic rings. The Balaban J connectivity index is 1.66. The van der Waals surface area contributed by atoms with E-state index in [1.165, 1.54) is 31.6 Å². The van der Waals surface area contributed by atoms with E-state index >= 15 is 0 Å². The third-order valence-corrected chi connectivity index (χ3v) is 5.59. The van der Waals surface area contributed by atoms with Crippen LogP contribution in [0.2, 0.25) is 0 Å². The Bertz CT molecular complexity index is 1480. The molecule has 2 aromatic heterocycles. The molecule has 3 heterocycles. The summed E-state index contributed by atoms with van der Waals surface area (Å²) in [6, 6.07) is 11.5. The lowest BCUT2D eigenvalue weighted by atomic mass is 9.96. The normalized spacial score (nSPS) is 15.9. The quantitative estimate of drug-likeness (QED) is 0.424. The van der Waals surface area contributed by atoms with Crippen LogP contribution in [0.3, 0.4) is 0 Å². The van der Waals surface area contributed by atoms with Crippen molar-refractivity contribution in [3.8, 4) is 5.75 Å². The molecule has 7 nitrogen and oxygen atoms in total. The first-order valence-electron chi connectivity index (χ1n) is 10.1. The number of methoxy groups -OCH3 is 1. The topological polar surface area (TPSA) is 92.9 Å². The van der Waals surface area contributed by atoms with Crippen LogP contribution in [0.4, 0.5) is 14.5 Å². The molecular weight excluding hydrogens is 446 g/mol. The zero-order chi connectivity index (χ0) is 24.0. The van der Waals surface area contributed by atoms with E-state index in [4.69, 9.17) is 9.15 Å². The van der Waals surface area contributed by atoms with Crippen LogP contribution >= 0.6 is 0 Å². The Morgan fingerprint density at radius 1 is 1.12 bits per heavy atom. The number of Topliss-reactive ketones (excluding diaryl/α,β-unsaturated/α-hetero) is 1. The third kappa shape index (κ3) is 3.29. The number of carbonyl (C=O) groups is 2. The van der Waals surface area contributed by atoms with Crippen LogP contribution in [0.25, 0.3) is 11.0 Å². The fourth-order valence-electron chi connectivity index (χ4n) is 4.03. The molecule has 9 heteroatoms. The van der Waals surface area contributed by atoms with Gasteiger partial charge in [0.15, 0.2) is 34.5 Å². The Hall–Kier alpha value is -4.53. The smallest absolute Gasteiger partial charge is 0.294 e. The van der Waals surface area contributed by atoms with Crippen molar-refractivity contribution in [3.63, 3.8) is 0 Å². The maximum absolute atomic E-state index is 14.0. The Kier molecular flexibility index (Phi) is 5.09. The molecule has 0 spiro atoms. The molecule has 0 fully saturated rings. The average molecular weight is 462 g/mol. The highest BCUT2D eigenvalue weighted by Gasteiger charge is 2.45. The van der Waals surface area contributed by atoms with Crippen molar-refractivity contribution >= 4 is 28.3 Å². The van der Waals surface area contributed by atoms with E-state index in [0.717, 1.165) is 17.0 Å². The van der Waals surface area contributed by atoms with Gasteiger partial charge in [-0.1, -0.05) is 18.2 Å². The summed E-state index contributed by atoms with van der Waals surface area (Å²) in [4.78, 5) is 31.7. The number of amides is 1. The Morgan fingerprint density at radius 2 is 1.94 bits per heavy atom. The molecule has 170 valence electrons. The van der Waals surface area contributed by atoms with E-state index in [9.17, 15) is 23.5 Å². The largest absolute Gasteiger partial charge is 0.503 e. The van der Waals surface area contributed by atoms with Gasteiger partial charge in [0, 0.05) is 29.5 Å². The number of para-hydroxylation sites is 1. The number of aromatic nitrogens is 1. The number of benzene rings is 2. The van der Waals surface area contributed by atoms with E-state index in [1.807, 2.05) is 0 Å². The van der Waals surface area contributed by atoms with Gasteiger partial charge in [0.25, 0.3) is 5.91 Å². The van der Waals surface area contributed by atoms with E-state index in [1.54, 1.807) is 30.3 Å². The van der Waals surface area contributed by atoms with Gasteiger partial charge in [-0.05, 0) is 35.9 Å². The maximum atomic E-state index is 14.0. The number of aliphatic hydroxyl groups is 1. The summed E-state index contributed by atoms with van der Waals surface area (Å²) in [5.74, 6) is -4.52. The highest BCUT2D eigenvalue weighted by atomic mass is 19.2.